The zero-order valence-electron chi connectivity index (χ0n) is 20.5. The van der Waals surface area contributed by atoms with E-state index in [0.29, 0.717) is 5.82 Å². The van der Waals surface area contributed by atoms with Gasteiger partial charge in [-0.2, -0.15) is 10.3 Å². The van der Waals surface area contributed by atoms with E-state index in [2.05, 4.69) is 44.4 Å². The van der Waals surface area contributed by atoms with Gasteiger partial charge in [-0.05, 0) is 35.6 Å². The third kappa shape index (κ3) is 5.81. The fraction of sp³-hybridized carbons (Fsp3) is 0.481. The summed E-state index contributed by atoms with van der Waals surface area (Å²) in [6.07, 6.45) is 14.1. The van der Waals surface area contributed by atoms with Crippen molar-refractivity contribution in [2.75, 3.05) is 0 Å². The Kier molecular flexibility index (Phi) is 7.56. The number of aryl methyl sites for hydroxylation is 2. The zero-order valence-corrected chi connectivity index (χ0v) is 20.5. The standard InChI is InChI=1S/C27H34N8/c1-2-3-17-35-26(29-25(32-35)16-14-20-9-5-4-6-10-20)18-21-13-15-24(28-19-21)22-11-7-8-12-23(22)27-30-33-34-31-27/h7-8,11-13,15,19-20H,2-6,9-10,14,16-18H2,1H3,(H,30,31,33,34). The number of nitrogens with zero attached hydrogens (tertiary/aromatic N) is 7. The van der Waals surface area contributed by atoms with E-state index in [1.165, 1.54) is 38.5 Å². The summed E-state index contributed by atoms with van der Waals surface area (Å²) in [5, 5.41) is 19.4. The molecule has 1 saturated carbocycles. The number of tetrazole rings is 1. The average Bonchev–Trinajstić information content (AvgIpc) is 3.58. The van der Waals surface area contributed by atoms with E-state index in [-0.39, 0.29) is 0 Å². The van der Waals surface area contributed by atoms with Gasteiger partial charge in [0.25, 0.3) is 0 Å². The molecule has 0 unspecified atom stereocenters. The van der Waals surface area contributed by atoms with Crippen LogP contribution in [0.4, 0.5) is 0 Å². The molecule has 3 aromatic heterocycles. The Morgan fingerprint density at radius 3 is 2.63 bits per heavy atom. The molecule has 4 aromatic rings. The first-order chi connectivity index (χ1) is 17.3. The highest BCUT2D eigenvalue weighted by Gasteiger charge is 2.17. The summed E-state index contributed by atoms with van der Waals surface area (Å²) < 4.78 is 2.12. The lowest BCUT2D eigenvalue weighted by molar-refractivity contribution is 0.337. The molecule has 0 aliphatic heterocycles. The SMILES string of the molecule is CCCCn1nc(CCC2CCCCC2)nc1Cc1ccc(-c2ccccc2-c2nn[nH]n2)nc1. The molecular weight excluding hydrogens is 436 g/mol. The predicted molar refractivity (Wildman–Crippen MR) is 135 cm³/mol. The Balaban J connectivity index is 1.31. The van der Waals surface area contributed by atoms with Gasteiger partial charge < -0.3 is 0 Å². The summed E-state index contributed by atoms with van der Waals surface area (Å²) in [6.45, 7) is 3.14. The van der Waals surface area contributed by atoms with Crippen molar-refractivity contribution in [3.63, 3.8) is 0 Å². The smallest absolute Gasteiger partial charge is 0.205 e. The number of benzene rings is 1. The maximum absolute atomic E-state index is 4.97. The first kappa shape index (κ1) is 23.3. The number of aromatic nitrogens is 8. The van der Waals surface area contributed by atoms with Crippen LogP contribution in [0.25, 0.3) is 22.6 Å². The van der Waals surface area contributed by atoms with E-state index < -0.39 is 0 Å². The Hall–Kier alpha value is -3.42. The molecule has 3 heterocycles. The maximum atomic E-state index is 4.97. The molecule has 8 heteroatoms. The first-order valence-corrected chi connectivity index (χ1v) is 13.0. The van der Waals surface area contributed by atoms with Crippen molar-refractivity contribution in [3.8, 4) is 22.6 Å². The van der Waals surface area contributed by atoms with Crippen molar-refractivity contribution >= 4 is 0 Å². The molecule has 1 N–H and O–H groups in total. The van der Waals surface area contributed by atoms with Gasteiger partial charge in [0, 0.05) is 36.7 Å². The lowest BCUT2D eigenvalue weighted by atomic mass is 9.86. The number of nitrogens with one attached hydrogen (secondary N) is 1. The molecule has 35 heavy (non-hydrogen) atoms. The summed E-state index contributed by atoms with van der Waals surface area (Å²) in [6, 6.07) is 12.2. The van der Waals surface area contributed by atoms with Crippen molar-refractivity contribution in [3.05, 3.63) is 59.8 Å². The second kappa shape index (κ2) is 11.3. The molecule has 8 nitrogen and oxygen atoms in total. The van der Waals surface area contributed by atoms with Crippen LogP contribution in [0, 0.1) is 5.92 Å². The molecule has 0 amide bonds. The van der Waals surface area contributed by atoms with Crippen LogP contribution in [0.1, 0.15) is 75.5 Å². The van der Waals surface area contributed by atoms with Gasteiger partial charge in [-0.1, -0.05) is 75.8 Å². The van der Waals surface area contributed by atoms with Gasteiger partial charge in [-0.15, -0.1) is 10.2 Å². The first-order valence-electron chi connectivity index (χ1n) is 13.0. The summed E-state index contributed by atoms with van der Waals surface area (Å²) in [4.78, 5) is 9.74. The third-order valence-corrected chi connectivity index (χ3v) is 6.99. The van der Waals surface area contributed by atoms with Gasteiger partial charge >= 0.3 is 0 Å². The van der Waals surface area contributed by atoms with Crippen LogP contribution in [0.2, 0.25) is 0 Å². The molecule has 1 aliphatic rings. The van der Waals surface area contributed by atoms with Crippen molar-refractivity contribution in [2.45, 2.75) is 77.7 Å². The molecule has 0 atom stereocenters. The van der Waals surface area contributed by atoms with Crippen LogP contribution in [-0.2, 0) is 19.4 Å². The molecule has 1 fully saturated rings. The number of rotatable bonds is 10. The summed E-state index contributed by atoms with van der Waals surface area (Å²) >= 11 is 0. The Morgan fingerprint density at radius 1 is 1.03 bits per heavy atom. The van der Waals surface area contributed by atoms with E-state index in [1.807, 2.05) is 30.5 Å². The number of H-pyrrole nitrogens is 1. The second-order valence-corrected chi connectivity index (χ2v) is 9.57. The topological polar surface area (TPSA) is 98.1 Å². The van der Waals surface area contributed by atoms with Crippen LogP contribution >= 0.6 is 0 Å². The Bertz CT molecular complexity index is 1190. The van der Waals surface area contributed by atoms with Gasteiger partial charge in [-0.25, -0.2) is 9.67 Å². The largest absolute Gasteiger partial charge is 0.256 e. The predicted octanol–water partition coefficient (Wildman–Crippen LogP) is 5.42. The molecule has 0 saturated heterocycles. The van der Waals surface area contributed by atoms with Crippen LogP contribution in [0.3, 0.4) is 0 Å². The molecule has 0 radical (unpaired) electrons. The van der Waals surface area contributed by atoms with Crippen LogP contribution in [0.5, 0.6) is 0 Å². The zero-order chi connectivity index (χ0) is 23.9. The Morgan fingerprint density at radius 2 is 1.89 bits per heavy atom. The lowest BCUT2D eigenvalue weighted by Crippen LogP contribution is -2.08. The molecule has 1 aliphatic carbocycles. The minimum atomic E-state index is 0.566. The van der Waals surface area contributed by atoms with Crippen molar-refractivity contribution in [1.29, 1.82) is 0 Å². The van der Waals surface area contributed by atoms with Crippen LogP contribution in [-0.4, -0.2) is 40.4 Å². The number of hydrogen-bond acceptors (Lipinski definition) is 6. The van der Waals surface area contributed by atoms with E-state index in [1.54, 1.807) is 0 Å². The maximum Gasteiger partial charge on any atom is 0.205 e. The monoisotopic (exact) mass is 470 g/mol. The van der Waals surface area contributed by atoms with E-state index >= 15 is 0 Å². The normalized spacial score (nSPS) is 14.4. The highest BCUT2D eigenvalue weighted by Crippen LogP contribution is 2.29. The third-order valence-electron chi connectivity index (χ3n) is 6.99. The summed E-state index contributed by atoms with van der Waals surface area (Å²) in [7, 11) is 0. The van der Waals surface area contributed by atoms with Gasteiger partial charge in [-0.3, -0.25) is 4.98 Å². The fourth-order valence-electron chi connectivity index (χ4n) is 5.01. The minimum absolute atomic E-state index is 0.566. The van der Waals surface area contributed by atoms with Crippen molar-refractivity contribution in [1.82, 2.24) is 40.4 Å². The second-order valence-electron chi connectivity index (χ2n) is 9.57. The number of unbranched alkanes of at least 4 members (excludes halogenated alkanes) is 1. The van der Waals surface area contributed by atoms with Gasteiger partial charge in [0.15, 0.2) is 5.82 Å². The lowest BCUT2D eigenvalue weighted by Gasteiger charge is -2.20. The molecule has 0 spiro atoms. The van der Waals surface area contributed by atoms with Crippen LogP contribution in [0.15, 0.2) is 42.6 Å². The Labute approximate surface area is 206 Å². The minimum Gasteiger partial charge on any atom is -0.256 e. The van der Waals surface area contributed by atoms with Crippen LogP contribution < -0.4 is 0 Å². The van der Waals surface area contributed by atoms with Gasteiger partial charge in [0.05, 0.1) is 5.69 Å². The van der Waals surface area contributed by atoms with Crippen molar-refractivity contribution in [2.24, 2.45) is 5.92 Å². The van der Waals surface area contributed by atoms with E-state index in [0.717, 1.165) is 72.2 Å². The van der Waals surface area contributed by atoms with E-state index in [4.69, 9.17) is 15.1 Å². The number of pyridine rings is 1. The fourth-order valence-corrected chi connectivity index (χ4v) is 5.01. The average molecular weight is 471 g/mol. The molecular formula is C27H34N8. The highest BCUT2D eigenvalue weighted by atomic mass is 15.5. The van der Waals surface area contributed by atoms with Crippen molar-refractivity contribution < 1.29 is 0 Å². The summed E-state index contributed by atoms with van der Waals surface area (Å²) in [5.41, 5.74) is 3.91. The molecule has 0 bridgehead atoms. The quantitative estimate of drug-likeness (QED) is 0.332. The summed E-state index contributed by atoms with van der Waals surface area (Å²) in [5.74, 6) is 3.46. The molecule has 5 rings (SSSR count). The molecule has 1 aromatic carbocycles. The van der Waals surface area contributed by atoms with E-state index in [9.17, 15) is 0 Å². The van der Waals surface area contributed by atoms with Gasteiger partial charge in [0.1, 0.15) is 5.82 Å². The van der Waals surface area contributed by atoms with Gasteiger partial charge in [0.2, 0.25) is 5.82 Å². The highest BCUT2D eigenvalue weighted by molar-refractivity contribution is 5.78. The number of aromatic amines is 1. The number of hydrogen-bond donors (Lipinski definition) is 1. The molecule has 182 valence electrons.